The number of ether oxygens (including phenoxy) is 1. The van der Waals surface area contributed by atoms with Crippen LogP contribution >= 0.6 is 0 Å². The van der Waals surface area contributed by atoms with Crippen molar-refractivity contribution in [1.29, 1.82) is 0 Å². The van der Waals surface area contributed by atoms with Gasteiger partial charge < -0.3 is 9.84 Å². The first-order valence-corrected chi connectivity index (χ1v) is 5.17. The van der Waals surface area contributed by atoms with Crippen LogP contribution in [-0.4, -0.2) is 17.0 Å². The van der Waals surface area contributed by atoms with E-state index < -0.39 is 5.79 Å². The molecule has 0 radical (unpaired) electrons. The molecule has 0 amide bonds. The van der Waals surface area contributed by atoms with Crippen LogP contribution in [0.3, 0.4) is 0 Å². The van der Waals surface area contributed by atoms with Crippen LogP contribution in [0.15, 0.2) is 35.3 Å². The molecule has 0 unspecified atom stereocenters. The lowest BCUT2D eigenvalue weighted by molar-refractivity contribution is -0.171. The fourth-order valence-electron chi connectivity index (χ4n) is 1.73. The second-order valence-corrected chi connectivity index (χ2v) is 3.71. The molecule has 3 heteroatoms. The minimum atomic E-state index is -1.33. The Bertz CT molecular complexity index is 374. The summed E-state index contributed by atoms with van der Waals surface area (Å²) in [4.78, 5) is 4.28. The molecule has 1 aliphatic rings. The van der Waals surface area contributed by atoms with Crippen molar-refractivity contribution in [3.8, 4) is 0 Å². The number of hydrogen-bond acceptors (Lipinski definition) is 3. The van der Waals surface area contributed by atoms with E-state index >= 15 is 0 Å². The Hall–Kier alpha value is -1.19. The van der Waals surface area contributed by atoms with Gasteiger partial charge in [0.2, 0.25) is 5.79 Å². The topological polar surface area (TPSA) is 41.8 Å². The molecule has 1 N–H and O–H groups in total. The highest BCUT2D eigenvalue weighted by molar-refractivity contribution is 5.91. The van der Waals surface area contributed by atoms with Crippen LogP contribution in [0.2, 0.25) is 0 Å². The largest absolute Gasteiger partial charge is 0.357 e. The van der Waals surface area contributed by atoms with Crippen molar-refractivity contribution in [2.24, 2.45) is 4.99 Å². The molecule has 0 aliphatic carbocycles. The molecule has 2 atom stereocenters. The monoisotopic (exact) mass is 205 g/mol. The van der Waals surface area contributed by atoms with Gasteiger partial charge in [-0.2, -0.15) is 0 Å². The first-order valence-electron chi connectivity index (χ1n) is 5.17. The highest BCUT2D eigenvalue weighted by Gasteiger charge is 2.41. The Labute approximate surface area is 89.4 Å². The third-order valence-corrected chi connectivity index (χ3v) is 2.65. The van der Waals surface area contributed by atoms with Gasteiger partial charge in [-0.1, -0.05) is 37.3 Å². The van der Waals surface area contributed by atoms with Crippen LogP contribution in [0, 0.1) is 0 Å². The SMILES string of the molecule is CC[C@H]1N=C(C)[C@](O)(c2ccccc2)O1. The molecule has 0 aromatic heterocycles. The van der Waals surface area contributed by atoms with E-state index in [2.05, 4.69) is 4.99 Å². The summed E-state index contributed by atoms with van der Waals surface area (Å²) in [5, 5.41) is 10.4. The molecule has 0 bridgehead atoms. The van der Waals surface area contributed by atoms with E-state index in [-0.39, 0.29) is 6.23 Å². The van der Waals surface area contributed by atoms with E-state index in [1.54, 1.807) is 6.92 Å². The predicted octanol–water partition coefficient (Wildman–Crippen LogP) is 2.06. The number of rotatable bonds is 2. The van der Waals surface area contributed by atoms with Crippen LogP contribution in [0.5, 0.6) is 0 Å². The minimum absolute atomic E-state index is 0.227. The average molecular weight is 205 g/mol. The van der Waals surface area contributed by atoms with Crippen molar-refractivity contribution in [2.45, 2.75) is 32.3 Å². The number of hydrogen-bond donors (Lipinski definition) is 1. The van der Waals surface area contributed by atoms with Gasteiger partial charge in [-0.05, 0) is 13.3 Å². The lowest BCUT2D eigenvalue weighted by Crippen LogP contribution is -2.33. The molecule has 0 fully saturated rings. The van der Waals surface area contributed by atoms with Crippen molar-refractivity contribution in [3.05, 3.63) is 35.9 Å². The van der Waals surface area contributed by atoms with Crippen LogP contribution in [0.1, 0.15) is 25.8 Å². The fraction of sp³-hybridized carbons (Fsp3) is 0.417. The van der Waals surface area contributed by atoms with Gasteiger partial charge in [0.1, 0.15) is 0 Å². The van der Waals surface area contributed by atoms with Crippen molar-refractivity contribution >= 4 is 5.71 Å². The van der Waals surface area contributed by atoms with Gasteiger partial charge in [0.15, 0.2) is 6.23 Å². The van der Waals surface area contributed by atoms with Crippen LogP contribution in [0.4, 0.5) is 0 Å². The molecule has 1 heterocycles. The van der Waals surface area contributed by atoms with E-state index in [0.717, 1.165) is 12.0 Å². The molecule has 2 rings (SSSR count). The molecule has 0 saturated carbocycles. The minimum Gasteiger partial charge on any atom is -0.357 e. The maximum atomic E-state index is 10.4. The lowest BCUT2D eigenvalue weighted by Gasteiger charge is -2.23. The Morgan fingerprint density at radius 1 is 1.40 bits per heavy atom. The number of aliphatic hydroxyl groups is 1. The summed E-state index contributed by atoms with van der Waals surface area (Å²) >= 11 is 0. The van der Waals surface area contributed by atoms with Crippen molar-refractivity contribution < 1.29 is 9.84 Å². The third kappa shape index (κ3) is 1.68. The summed E-state index contributed by atoms with van der Waals surface area (Å²) in [5.41, 5.74) is 1.36. The molecule has 80 valence electrons. The van der Waals surface area contributed by atoms with E-state index in [0.29, 0.717) is 5.71 Å². The molecule has 1 aromatic rings. The van der Waals surface area contributed by atoms with Gasteiger partial charge in [0.25, 0.3) is 0 Å². The Morgan fingerprint density at radius 3 is 2.60 bits per heavy atom. The van der Waals surface area contributed by atoms with E-state index in [1.165, 1.54) is 0 Å². The van der Waals surface area contributed by atoms with Crippen LogP contribution in [-0.2, 0) is 10.5 Å². The standard InChI is InChI=1S/C12H15NO2/c1-3-11-13-9(2)12(14,15-11)10-7-5-4-6-8-10/h4-8,11,14H,3H2,1-2H3/t11-,12+/m0/s1. The summed E-state index contributed by atoms with van der Waals surface area (Å²) in [6.07, 6.45) is 0.544. The number of benzene rings is 1. The first-order chi connectivity index (χ1) is 7.16. The molecule has 3 nitrogen and oxygen atoms in total. The molecule has 0 saturated heterocycles. The fourth-order valence-corrected chi connectivity index (χ4v) is 1.73. The van der Waals surface area contributed by atoms with Gasteiger partial charge >= 0.3 is 0 Å². The zero-order chi connectivity index (χ0) is 10.9. The third-order valence-electron chi connectivity index (χ3n) is 2.65. The smallest absolute Gasteiger partial charge is 0.234 e. The maximum Gasteiger partial charge on any atom is 0.234 e. The van der Waals surface area contributed by atoms with Crippen molar-refractivity contribution in [1.82, 2.24) is 0 Å². The van der Waals surface area contributed by atoms with Crippen molar-refractivity contribution in [3.63, 3.8) is 0 Å². The maximum absolute atomic E-state index is 10.4. The molecule has 0 spiro atoms. The van der Waals surface area contributed by atoms with E-state index in [9.17, 15) is 5.11 Å². The Balaban J connectivity index is 2.34. The zero-order valence-corrected chi connectivity index (χ0v) is 8.97. The summed E-state index contributed by atoms with van der Waals surface area (Å²) in [6, 6.07) is 9.35. The number of aliphatic imine (C=N–C) groups is 1. The van der Waals surface area contributed by atoms with Gasteiger partial charge in [0, 0.05) is 5.56 Å². The highest BCUT2D eigenvalue weighted by Crippen LogP contribution is 2.32. The zero-order valence-electron chi connectivity index (χ0n) is 8.97. The quantitative estimate of drug-likeness (QED) is 0.803. The second-order valence-electron chi connectivity index (χ2n) is 3.71. The highest BCUT2D eigenvalue weighted by atomic mass is 16.6. The normalized spacial score (nSPS) is 30.3. The number of nitrogens with zero attached hydrogens (tertiary/aromatic N) is 1. The van der Waals surface area contributed by atoms with Gasteiger partial charge in [0.05, 0.1) is 5.71 Å². The van der Waals surface area contributed by atoms with E-state index in [1.807, 2.05) is 37.3 Å². The lowest BCUT2D eigenvalue weighted by atomic mass is 10.0. The van der Waals surface area contributed by atoms with Crippen LogP contribution in [0.25, 0.3) is 0 Å². The first kappa shape index (κ1) is 10.3. The van der Waals surface area contributed by atoms with Gasteiger partial charge in [-0.15, -0.1) is 0 Å². The summed E-state index contributed by atoms with van der Waals surface area (Å²) in [6.45, 7) is 3.78. The Morgan fingerprint density at radius 2 is 2.07 bits per heavy atom. The predicted molar refractivity (Wildman–Crippen MR) is 58.6 cm³/mol. The second kappa shape index (κ2) is 3.76. The van der Waals surface area contributed by atoms with E-state index in [4.69, 9.17) is 4.74 Å². The molecular formula is C12H15NO2. The summed E-state index contributed by atoms with van der Waals surface area (Å²) in [7, 11) is 0. The average Bonchev–Trinajstić information content (AvgIpc) is 2.57. The van der Waals surface area contributed by atoms with Crippen molar-refractivity contribution in [2.75, 3.05) is 0 Å². The van der Waals surface area contributed by atoms with Gasteiger partial charge in [-0.25, -0.2) is 0 Å². The Kier molecular flexibility index (Phi) is 2.59. The van der Waals surface area contributed by atoms with Crippen LogP contribution < -0.4 is 0 Å². The summed E-state index contributed by atoms with van der Waals surface area (Å²) in [5.74, 6) is -1.33. The molecule has 15 heavy (non-hydrogen) atoms. The summed E-state index contributed by atoms with van der Waals surface area (Å²) < 4.78 is 5.55. The molecule has 1 aromatic carbocycles. The van der Waals surface area contributed by atoms with Gasteiger partial charge in [-0.3, -0.25) is 4.99 Å². The molecular weight excluding hydrogens is 190 g/mol. The molecule has 1 aliphatic heterocycles.